The molecule has 246 valence electrons. The minimum absolute atomic E-state index is 0.0649. The monoisotopic (exact) mass is 627 g/mol. The summed E-state index contributed by atoms with van der Waals surface area (Å²) in [7, 11) is 0. The molecule has 9 atom stereocenters. The lowest BCUT2D eigenvalue weighted by Crippen LogP contribution is -2.75. The van der Waals surface area contributed by atoms with Crippen LogP contribution in [-0.2, 0) is 14.3 Å². The van der Waals surface area contributed by atoms with E-state index in [1.54, 1.807) is 11.0 Å². The van der Waals surface area contributed by atoms with Crippen molar-refractivity contribution in [2.45, 2.75) is 118 Å². The van der Waals surface area contributed by atoms with Gasteiger partial charge < -0.3 is 4.74 Å². The molecule has 1 aromatic carbocycles. The van der Waals surface area contributed by atoms with Crippen molar-refractivity contribution in [3.63, 3.8) is 0 Å². The van der Waals surface area contributed by atoms with Crippen molar-refractivity contribution in [1.29, 1.82) is 0 Å². The summed E-state index contributed by atoms with van der Waals surface area (Å²) in [6.07, 6.45) is 11.2. The molecule has 46 heavy (non-hydrogen) atoms. The van der Waals surface area contributed by atoms with E-state index in [-0.39, 0.29) is 45.8 Å². The van der Waals surface area contributed by atoms with Gasteiger partial charge in [-0.05, 0) is 115 Å². The Morgan fingerprint density at radius 1 is 0.913 bits per heavy atom. The van der Waals surface area contributed by atoms with Gasteiger partial charge in [0.15, 0.2) is 11.4 Å². The molecule has 1 saturated heterocycles. The SMILES string of the molecule is CC1(C)CC[C@@]23CC[C@]4(C)[C@](OC2=O)([C@H](F)C[C@@H]2[C@@]5(C)C/C(=C\c6ccc(-n7cncn7)cc6)C(=O)C(C)(C)[C@@H]5CC[C@]24C)[C@@H]3C1. The second-order valence-electron chi connectivity index (χ2n) is 18.2. The molecule has 2 aromatic rings. The van der Waals surface area contributed by atoms with Crippen LogP contribution in [0.2, 0.25) is 0 Å². The minimum atomic E-state index is -1.21. The first-order valence-corrected chi connectivity index (χ1v) is 17.6. The van der Waals surface area contributed by atoms with Gasteiger partial charge in [0, 0.05) is 16.7 Å². The van der Waals surface area contributed by atoms with Gasteiger partial charge in [-0.15, -0.1) is 0 Å². The number of nitrogens with zero attached hydrogens (tertiary/aromatic N) is 3. The molecule has 8 rings (SSSR count). The highest BCUT2D eigenvalue weighted by Gasteiger charge is 2.84. The van der Waals surface area contributed by atoms with Crippen LogP contribution >= 0.6 is 0 Å². The first-order chi connectivity index (χ1) is 21.5. The van der Waals surface area contributed by atoms with Crippen molar-refractivity contribution in [2.75, 3.05) is 0 Å². The fourth-order valence-corrected chi connectivity index (χ4v) is 13.0. The Morgan fingerprint density at radius 3 is 2.33 bits per heavy atom. The molecule has 1 spiro atoms. The summed E-state index contributed by atoms with van der Waals surface area (Å²) < 4.78 is 25.9. The molecule has 6 fully saturated rings. The number of carbonyl (C=O) groups excluding carboxylic acids is 2. The zero-order chi connectivity index (χ0) is 32.7. The van der Waals surface area contributed by atoms with E-state index in [4.69, 9.17) is 4.74 Å². The predicted octanol–water partition coefficient (Wildman–Crippen LogP) is 8.34. The molecule has 7 heteroatoms. The van der Waals surface area contributed by atoms with Crippen molar-refractivity contribution >= 4 is 17.8 Å². The van der Waals surface area contributed by atoms with Crippen molar-refractivity contribution in [1.82, 2.24) is 14.8 Å². The number of aromatic nitrogens is 3. The molecule has 1 aliphatic heterocycles. The van der Waals surface area contributed by atoms with E-state index in [0.717, 1.165) is 61.8 Å². The van der Waals surface area contributed by atoms with Gasteiger partial charge in [-0.3, -0.25) is 9.59 Å². The van der Waals surface area contributed by atoms with Crippen LogP contribution in [0.4, 0.5) is 4.39 Å². The molecule has 0 amide bonds. The van der Waals surface area contributed by atoms with Crippen LogP contribution in [0.5, 0.6) is 0 Å². The first-order valence-electron chi connectivity index (χ1n) is 17.6. The molecule has 6 nitrogen and oxygen atoms in total. The number of esters is 1. The summed E-state index contributed by atoms with van der Waals surface area (Å²) in [6, 6.07) is 8.05. The number of hydrogen-bond acceptors (Lipinski definition) is 5. The molecule has 6 aliphatic rings. The highest BCUT2D eigenvalue weighted by Crippen LogP contribution is 2.81. The number of hydrogen-bond donors (Lipinski definition) is 0. The standard InChI is InChI=1S/C39H50FN3O3/c1-33(2)14-16-38-17-15-37(7)36(6)13-12-27-34(3,4)31(44)25(18-24-8-10-26(11-9-24)43-23-41-22-42-43)20-35(27,5)28(36)19-30(40)39(37,29(38)21-33)46-32(38)45/h8-11,18,22-23,27-30H,12-17,19-21H2,1-7H3/b25-18+/t27-,28+,29+,30+,35-,36+,37-,38-,39+/m0/s1. The van der Waals surface area contributed by atoms with E-state index in [1.807, 2.05) is 24.3 Å². The Morgan fingerprint density at radius 2 is 1.63 bits per heavy atom. The van der Waals surface area contributed by atoms with E-state index in [0.29, 0.717) is 12.8 Å². The van der Waals surface area contributed by atoms with E-state index in [2.05, 4.69) is 64.6 Å². The molecule has 2 bridgehead atoms. The highest BCUT2D eigenvalue weighted by molar-refractivity contribution is 6.04. The lowest BCUT2D eigenvalue weighted by molar-refractivity contribution is -0.299. The topological polar surface area (TPSA) is 74.1 Å². The van der Waals surface area contributed by atoms with Crippen LogP contribution in [0.3, 0.4) is 0 Å². The Balaban J connectivity index is 1.20. The molecule has 2 heterocycles. The maximum absolute atomic E-state index is 17.6. The van der Waals surface area contributed by atoms with Crippen molar-refractivity contribution < 1.29 is 18.7 Å². The molecule has 0 unspecified atom stereocenters. The molecule has 5 aliphatic carbocycles. The Hall–Kier alpha value is -2.83. The van der Waals surface area contributed by atoms with E-state index in [9.17, 15) is 9.59 Å². The largest absolute Gasteiger partial charge is 0.455 e. The number of carbonyl (C=O) groups is 2. The van der Waals surface area contributed by atoms with Gasteiger partial charge in [0.05, 0.1) is 11.1 Å². The molecular formula is C39H50FN3O3. The Bertz CT molecular complexity index is 1650. The maximum atomic E-state index is 17.6. The van der Waals surface area contributed by atoms with Gasteiger partial charge in [-0.2, -0.15) is 5.10 Å². The van der Waals surface area contributed by atoms with E-state index in [1.165, 1.54) is 6.33 Å². The third-order valence-corrected chi connectivity index (χ3v) is 15.5. The van der Waals surface area contributed by atoms with Crippen LogP contribution in [0.25, 0.3) is 11.8 Å². The lowest BCUT2D eigenvalue weighted by Gasteiger charge is -2.74. The minimum Gasteiger partial charge on any atom is -0.455 e. The second kappa shape index (κ2) is 9.19. The van der Waals surface area contributed by atoms with E-state index >= 15 is 4.39 Å². The van der Waals surface area contributed by atoms with Gasteiger partial charge in [0.2, 0.25) is 0 Å². The third kappa shape index (κ3) is 3.53. The number of Topliss-reactive ketones (excluding diaryl/α,β-unsaturated/α-hetero) is 1. The predicted molar refractivity (Wildman–Crippen MR) is 174 cm³/mol. The first kappa shape index (κ1) is 30.5. The van der Waals surface area contributed by atoms with Crippen LogP contribution in [0.1, 0.15) is 112 Å². The average molecular weight is 628 g/mol. The number of alkyl halides is 1. The zero-order valence-electron chi connectivity index (χ0n) is 28.7. The van der Waals surface area contributed by atoms with Gasteiger partial charge >= 0.3 is 5.97 Å². The molecule has 0 N–H and O–H groups in total. The summed E-state index contributed by atoms with van der Waals surface area (Å²) in [5, 5.41) is 4.23. The molecule has 0 radical (unpaired) electrons. The summed E-state index contributed by atoms with van der Waals surface area (Å²) in [4.78, 5) is 32.2. The molecular weight excluding hydrogens is 577 g/mol. The van der Waals surface area contributed by atoms with E-state index < -0.39 is 28.0 Å². The van der Waals surface area contributed by atoms with Gasteiger partial charge in [-0.1, -0.05) is 60.6 Å². The summed E-state index contributed by atoms with van der Waals surface area (Å²) in [5.41, 5.74) is -0.330. The van der Waals surface area contributed by atoms with Crippen LogP contribution < -0.4 is 0 Å². The zero-order valence-corrected chi connectivity index (χ0v) is 28.7. The normalized spacial score (nSPS) is 46.1. The number of halogens is 1. The summed E-state index contributed by atoms with van der Waals surface area (Å²) in [5.74, 6) is 0.244. The molecule has 1 aromatic heterocycles. The number of ketones is 1. The maximum Gasteiger partial charge on any atom is 0.313 e. The number of fused-ring (bicyclic) bond motifs is 4. The highest BCUT2D eigenvalue weighted by atomic mass is 19.1. The Labute approximate surface area is 273 Å². The lowest BCUT2D eigenvalue weighted by atomic mass is 9.30. The van der Waals surface area contributed by atoms with Crippen molar-refractivity contribution in [3.05, 3.63) is 48.1 Å². The molecule has 5 saturated carbocycles. The fourth-order valence-electron chi connectivity index (χ4n) is 13.0. The quantitative estimate of drug-likeness (QED) is 0.247. The van der Waals surface area contributed by atoms with Crippen molar-refractivity contribution in [2.24, 2.45) is 50.2 Å². The van der Waals surface area contributed by atoms with Gasteiger partial charge in [0.1, 0.15) is 18.8 Å². The third-order valence-electron chi connectivity index (χ3n) is 15.5. The smallest absolute Gasteiger partial charge is 0.313 e. The van der Waals surface area contributed by atoms with Crippen LogP contribution in [-0.4, -0.2) is 38.3 Å². The number of benzene rings is 1. The average Bonchev–Trinajstić information content (AvgIpc) is 3.59. The Kier molecular flexibility index (Phi) is 6.10. The number of ether oxygens (including phenoxy) is 1. The fraction of sp³-hybridized carbons (Fsp3) is 0.692. The van der Waals surface area contributed by atoms with Gasteiger partial charge in [0.25, 0.3) is 0 Å². The summed E-state index contributed by atoms with van der Waals surface area (Å²) >= 11 is 0. The van der Waals surface area contributed by atoms with Crippen LogP contribution in [0, 0.1) is 50.2 Å². The number of allylic oxidation sites excluding steroid dienone is 1. The number of rotatable bonds is 2. The second-order valence-corrected chi connectivity index (χ2v) is 18.2. The van der Waals surface area contributed by atoms with Crippen molar-refractivity contribution in [3.8, 4) is 5.69 Å². The van der Waals surface area contributed by atoms with Crippen LogP contribution in [0.15, 0.2) is 42.5 Å². The summed E-state index contributed by atoms with van der Waals surface area (Å²) in [6.45, 7) is 15.9. The van der Waals surface area contributed by atoms with Gasteiger partial charge in [-0.25, -0.2) is 14.1 Å².